The smallest absolute Gasteiger partial charge is 0.0146 e. The minimum atomic E-state index is 0.467. The van der Waals surface area contributed by atoms with Crippen molar-refractivity contribution in [1.29, 1.82) is 0 Å². The highest BCUT2D eigenvalue weighted by molar-refractivity contribution is 9.09. The molecule has 0 aliphatic carbocycles. The van der Waals surface area contributed by atoms with Gasteiger partial charge in [-0.2, -0.15) is 0 Å². The molecule has 0 nitrogen and oxygen atoms in total. The second-order valence-electron chi connectivity index (χ2n) is 2.80. The molecular formula is C9H18Br. The quantitative estimate of drug-likeness (QED) is 0.456. The Bertz CT molecular complexity index is 59.7. The van der Waals surface area contributed by atoms with E-state index in [9.17, 15) is 0 Å². The minimum Gasteiger partial charge on any atom is -0.0891 e. The van der Waals surface area contributed by atoms with Crippen LogP contribution < -0.4 is 0 Å². The number of unbranched alkanes of at least 4 members (excludes halogenated alkanes) is 4. The van der Waals surface area contributed by atoms with E-state index in [1.807, 2.05) is 0 Å². The van der Waals surface area contributed by atoms with Crippen LogP contribution in [0.5, 0.6) is 0 Å². The van der Waals surface area contributed by atoms with E-state index in [1.165, 1.54) is 38.5 Å². The maximum atomic E-state index is 3.87. The molecule has 0 rings (SSSR count). The molecule has 0 aliphatic rings. The molecule has 0 aliphatic heterocycles. The standard InChI is InChI=1S/C9H18Br/c1-3-4-5-6-7-8-9(2)10/h9H,2-8H2,1H3. The number of hydrogen-bond acceptors (Lipinski definition) is 0. The molecule has 0 fully saturated rings. The first kappa shape index (κ1) is 10.5. The summed E-state index contributed by atoms with van der Waals surface area (Å²) in [5.41, 5.74) is 0. The maximum absolute atomic E-state index is 3.87. The van der Waals surface area contributed by atoms with E-state index in [2.05, 4.69) is 29.8 Å². The van der Waals surface area contributed by atoms with Crippen LogP contribution in [0.1, 0.15) is 45.4 Å². The zero-order chi connectivity index (χ0) is 7.82. The molecular weight excluding hydrogens is 188 g/mol. The van der Waals surface area contributed by atoms with Gasteiger partial charge in [0.05, 0.1) is 0 Å². The van der Waals surface area contributed by atoms with Crippen LogP contribution in [0, 0.1) is 6.92 Å². The molecule has 0 aromatic carbocycles. The van der Waals surface area contributed by atoms with Crippen molar-refractivity contribution in [2.75, 3.05) is 0 Å². The van der Waals surface area contributed by atoms with Gasteiger partial charge < -0.3 is 0 Å². The molecule has 1 heteroatoms. The maximum Gasteiger partial charge on any atom is 0.0146 e. The van der Waals surface area contributed by atoms with Crippen molar-refractivity contribution in [3.8, 4) is 0 Å². The van der Waals surface area contributed by atoms with E-state index >= 15 is 0 Å². The molecule has 61 valence electrons. The van der Waals surface area contributed by atoms with Gasteiger partial charge in [-0.05, 0) is 13.3 Å². The average molecular weight is 206 g/mol. The summed E-state index contributed by atoms with van der Waals surface area (Å²) in [6.45, 7) is 6.12. The van der Waals surface area contributed by atoms with Gasteiger partial charge in [0.25, 0.3) is 0 Å². The van der Waals surface area contributed by atoms with Gasteiger partial charge in [0.15, 0.2) is 0 Å². The Labute approximate surface area is 73.5 Å². The molecule has 0 spiro atoms. The van der Waals surface area contributed by atoms with E-state index in [4.69, 9.17) is 0 Å². The van der Waals surface area contributed by atoms with E-state index in [0.29, 0.717) is 4.83 Å². The monoisotopic (exact) mass is 205 g/mol. The SMILES string of the molecule is [CH2]C(Br)CCCCCCC. The van der Waals surface area contributed by atoms with E-state index in [1.54, 1.807) is 0 Å². The molecule has 0 heterocycles. The number of halogens is 1. The fraction of sp³-hybridized carbons (Fsp3) is 0.889. The molecule has 0 aromatic heterocycles. The number of hydrogen-bond donors (Lipinski definition) is 0. The van der Waals surface area contributed by atoms with Crippen molar-refractivity contribution < 1.29 is 0 Å². The van der Waals surface area contributed by atoms with Gasteiger partial charge in [0.2, 0.25) is 0 Å². The third kappa shape index (κ3) is 8.48. The van der Waals surface area contributed by atoms with Crippen LogP contribution in [0.2, 0.25) is 0 Å². The topological polar surface area (TPSA) is 0 Å². The van der Waals surface area contributed by atoms with E-state index in [-0.39, 0.29) is 0 Å². The number of alkyl halides is 1. The molecule has 1 unspecified atom stereocenters. The van der Waals surface area contributed by atoms with Crippen LogP contribution in [-0.2, 0) is 0 Å². The molecule has 0 bridgehead atoms. The molecule has 1 radical (unpaired) electrons. The van der Waals surface area contributed by atoms with Crippen LogP contribution in [0.4, 0.5) is 0 Å². The summed E-state index contributed by atoms with van der Waals surface area (Å²) in [6.07, 6.45) is 8.07. The first-order valence-corrected chi connectivity index (χ1v) is 5.16. The van der Waals surface area contributed by atoms with Crippen molar-refractivity contribution in [3.63, 3.8) is 0 Å². The molecule has 0 saturated heterocycles. The first-order valence-electron chi connectivity index (χ1n) is 4.24. The molecule has 0 aromatic rings. The zero-order valence-electron chi connectivity index (χ0n) is 6.91. The summed E-state index contributed by atoms with van der Waals surface area (Å²) in [6, 6.07) is 0. The van der Waals surface area contributed by atoms with Gasteiger partial charge in [-0.25, -0.2) is 0 Å². The number of rotatable bonds is 6. The molecule has 1 atom stereocenters. The van der Waals surface area contributed by atoms with Crippen LogP contribution in [0.15, 0.2) is 0 Å². The Morgan fingerprint density at radius 2 is 1.80 bits per heavy atom. The summed E-state index contributed by atoms with van der Waals surface area (Å²) in [7, 11) is 0. The van der Waals surface area contributed by atoms with Gasteiger partial charge in [-0.15, -0.1) is 0 Å². The second-order valence-corrected chi connectivity index (χ2v) is 4.10. The normalized spacial score (nSPS) is 13.5. The molecule has 0 amide bonds. The van der Waals surface area contributed by atoms with Crippen molar-refractivity contribution in [2.45, 2.75) is 50.3 Å². The van der Waals surface area contributed by atoms with Gasteiger partial charge in [-0.1, -0.05) is 55.0 Å². The Morgan fingerprint density at radius 3 is 2.30 bits per heavy atom. The van der Waals surface area contributed by atoms with E-state index in [0.717, 1.165) is 0 Å². The Balaban J connectivity index is 2.77. The van der Waals surface area contributed by atoms with Gasteiger partial charge in [0, 0.05) is 4.83 Å². The van der Waals surface area contributed by atoms with Crippen molar-refractivity contribution in [1.82, 2.24) is 0 Å². The Morgan fingerprint density at radius 1 is 1.20 bits per heavy atom. The Kier molecular flexibility index (Phi) is 7.95. The lowest BCUT2D eigenvalue weighted by molar-refractivity contribution is 0.616. The minimum absolute atomic E-state index is 0.467. The van der Waals surface area contributed by atoms with Crippen LogP contribution >= 0.6 is 15.9 Å². The lowest BCUT2D eigenvalue weighted by Gasteiger charge is -2.01. The third-order valence-electron chi connectivity index (χ3n) is 1.62. The van der Waals surface area contributed by atoms with Crippen molar-refractivity contribution in [3.05, 3.63) is 6.92 Å². The summed E-state index contributed by atoms with van der Waals surface area (Å²) in [5.74, 6) is 0. The van der Waals surface area contributed by atoms with Crippen molar-refractivity contribution in [2.24, 2.45) is 0 Å². The summed E-state index contributed by atoms with van der Waals surface area (Å²) < 4.78 is 0. The molecule has 10 heavy (non-hydrogen) atoms. The highest BCUT2D eigenvalue weighted by Gasteiger charge is 1.94. The largest absolute Gasteiger partial charge is 0.0891 e. The lowest BCUT2D eigenvalue weighted by Crippen LogP contribution is -1.89. The molecule has 0 N–H and O–H groups in total. The predicted molar refractivity (Wildman–Crippen MR) is 51.4 cm³/mol. The summed E-state index contributed by atoms with van der Waals surface area (Å²) in [4.78, 5) is 0.467. The third-order valence-corrected chi connectivity index (χ3v) is 2.08. The zero-order valence-corrected chi connectivity index (χ0v) is 8.49. The van der Waals surface area contributed by atoms with Gasteiger partial charge >= 0.3 is 0 Å². The van der Waals surface area contributed by atoms with Crippen LogP contribution in [0.25, 0.3) is 0 Å². The lowest BCUT2D eigenvalue weighted by atomic mass is 10.1. The van der Waals surface area contributed by atoms with E-state index < -0.39 is 0 Å². The molecule has 0 saturated carbocycles. The van der Waals surface area contributed by atoms with Crippen LogP contribution in [-0.4, -0.2) is 4.83 Å². The second kappa shape index (κ2) is 7.59. The average Bonchev–Trinajstić information content (AvgIpc) is 1.87. The van der Waals surface area contributed by atoms with Gasteiger partial charge in [0.1, 0.15) is 0 Å². The highest BCUT2D eigenvalue weighted by Crippen LogP contribution is 2.10. The fourth-order valence-electron chi connectivity index (χ4n) is 0.969. The van der Waals surface area contributed by atoms with Crippen LogP contribution in [0.3, 0.4) is 0 Å². The van der Waals surface area contributed by atoms with Crippen molar-refractivity contribution >= 4 is 15.9 Å². The first-order chi connectivity index (χ1) is 4.77. The predicted octanol–water partition coefficient (Wildman–Crippen LogP) is 3.94. The fourth-order valence-corrected chi connectivity index (χ4v) is 1.29. The Hall–Kier alpha value is 0.480. The summed E-state index contributed by atoms with van der Waals surface area (Å²) in [5, 5.41) is 0. The highest BCUT2D eigenvalue weighted by atomic mass is 79.9. The van der Waals surface area contributed by atoms with Gasteiger partial charge in [-0.3, -0.25) is 0 Å². The summed E-state index contributed by atoms with van der Waals surface area (Å²) >= 11 is 3.43.